The third-order valence-corrected chi connectivity index (χ3v) is 6.46. The van der Waals surface area contributed by atoms with Crippen LogP contribution >= 0.6 is 0 Å². The van der Waals surface area contributed by atoms with E-state index in [-0.39, 0.29) is 0 Å². The summed E-state index contributed by atoms with van der Waals surface area (Å²) < 4.78 is 52.4. The van der Waals surface area contributed by atoms with Crippen molar-refractivity contribution < 1.29 is 17.2 Å². The largest absolute Gasteiger partial charge is 0.303 e. The molecular weight excluding hydrogens is 336 g/mol. The van der Waals surface area contributed by atoms with Gasteiger partial charge < -0.3 is 4.90 Å². The van der Waals surface area contributed by atoms with E-state index in [1.807, 2.05) is 0 Å². The maximum absolute atomic E-state index is 13.6. The highest BCUT2D eigenvalue weighted by Gasteiger charge is 2.31. The summed E-state index contributed by atoms with van der Waals surface area (Å²) in [4.78, 5) is 2.11. The van der Waals surface area contributed by atoms with Gasteiger partial charge in [-0.2, -0.15) is 9.19 Å². The minimum atomic E-state index is -3.44. The number of rotatable bonds is 5. The van der Waals surface area contributed by atoms with Crippen molar-refractivity contribution in [2.45, 2.75) is 24.5 Å². The van der Waals surface area contributed by atoms with Crippen LogP contribution in [0.1, 0.15) is 18.4 Å². The van der Waals surface area contributed by atoms with Gasteiger partial charge in [-0.1, -0.05) is 6.07 Å². The summed E-state index contributed by atoms with van der Waals surface area (Å²) in [5.41, 5.74) is 0.475. The zero-order valence-corrected chi connectivity index (χ0v) is 13.9. The van der Waals surface area contributed by atoms with Gasteiger partial charge in [-0.05, 0) is 50.0 Å². The smallest absolute Gasteiger partial charge is 0.256 e. The monoisotopic (exact) mass is 355 g/mol. The third kappa shape index (κ3) is 3.64. The molecule has 0 spiro atoms. The van der Waals surface area contributed by atoms with Gasteiger partial charge >= 0.3 is 0 Å². The van der Waals surface area contributed by atoms with Crippen molar-refractivity contribution in [1.82, 2.24) is 14.1 Å². The molecule has 0 unspecified atom stereocenters. The number of hydrogen-bond acceptors (Lipinski definition) is 4. The summed E-state index contributed by atoms with van der Waals surface area (Å²) in [5, 5.41) is 3.37. The lowest BCUT2D eigenvalue weighted by Crippen LogP contribution is -2.41. The minimum absolute atomic E-state index is 0.448. The standard InChI is InChI=1S/C16H19F2N3O2S/c17-14-3-2-13(16(18)12-14)4-9-20-10-5-15(6-11-20)24(22,23)21-8-1-7-19-21/h1-3,7-8,12,15H,4-6,9-11H2. The Morgan fingerprint density at radius 3 is 2.58 bits per heavy atom. The van der Waals surface area contributed by atoms with Crippen LogP contribution in [-0.4, -0.2) is 47.4 Å². The molecule has 1 saturated heterocycles. The van der Waals surface area contributed by atoms with Gasteiger partial charge in [-0.15, -0.1) is 0 Å². The molecule has 0 radical (unpaired) electrons. The molecule has 5 nitrogen and oxygen atoms in total. The van der Waals surface area contributed by atoms with Crippen LogP contribution < -0.4 is 0 Å². The summed E-state index contributed by atoms with van der Waals surface area (Å²) >= 11 is 0. The predicted molar refractivity (Wildman–Crippen MR) is 86.1 cm³/mol. The molecule has 0 saturated carbocycles. The van der Waals surface area contributed by atoms with Crippen molar-refractivity contribution in [3.63, 3.8) is 0 Å². The Bertz CT molecular complexity index is 786. The van der Waals surface area contributed by atoms with Gasteiger partial charge in [0, 0.05) is 18.8 Å². The van der Waals surface area contributed by atoms with Gasteiger partial charge in [0.1, 0.15) is 11.6 Å². The van der Waals surface area contributed by atoms with E-state index < -0.39 is 26.9 Å². The normalized spacial score (nSPS) is 17.2. The molecule has 3 rings (SSSR count). The molecule has 0 bridgehead atoms. The average molecular weight is 355 g/mol. The summed E-state index contributed by atoms with van der Waals surface area (Å²) in [6.45, 7) is 1.89. The molecule has 24 heavy (non-hydrogen) atoms. The quantitative estimate of drug-likeness (QED) is 0.824. The van der Waals surface area contributed by atoms with Crippen molar-refractivity contribution in [3.8, 4) is 0 Å². The van der Waals surface area contributed by atoms with Crippen LogP contribution in [0.4, 0.5) is 8.78 Å². The molecule has 8 heteroatoms. The van der Waals surface area contributed by atoms with E-state index in [2.05, 4.69) is 10.00 Å². The Morgan fingerprint density at radius 2 is 1.96 bits per heavy atom. The fraction of sp³-hybridized carbons (Fsp3) is 0.438. The predicted octanol–water partition coefficient (Wildman–Crippen LogP) is 2.05. The molecule has 0 aliphatic carbocycles. The van der Waals surface area contributed by atoms with Crippen molar-refractivity contribution in [1.29, 1.82) is 0 Å². The van der Waals surface area contributed by atoms with Gasteiger partial charge in [-0.25, -0.2) is 17.2 Å². The first kappa shape index (κ1) is 17.0. The topological polar surface area (TPSA) is 55.2 Å². The highest BCUT2D eigenvalue weighted by atomic mass is 32.2. The van der Waals surface area contributed by atoms with Crippen LogP contribution in [0, 0.1) is 11.6 Å². The zero-order chi connectivity index (χ0) is 17.2. The summed E-state index contributed by atoms with van der Waals surface area (Å²) in [6, 6.07) is 5.18. The summed E-state index contributed by atoms with van der Waals surface area (Å²) in [5.74, 6) is -1.12. The Morgan fingerprint density at radius 1 is 1.21 bits per heavy atom. The highest BCUT2D eigenvalue weighted by Crippen LogP contribution is 2.20. The lowest BCUT2D eigenvalue weighted by Gasteiger charge is -2.31. The first-order valence-electron chi connectivity index (χ1n) is 7.87. The second kappa shape index (κ2) is 6.98. The molecule has 1 aliphatic heterocycles. The third-order valence-electron chi connectivity index (χ3n) is 4.41. The van der Waals surface area contributed by atoms with E-state index in [0.717, 1.165) is 10.2 Å². The molecule has 0 N–H and O–H groups in total. The number of hydrogen-bond donors (Lipinski definition) is 0. The zero-order valence-electron chi connectivity index (χ0n) is 13.1. The summed E-state index contributed by atoms with van der Waals surface area (Å²) in [7, 11) is -3.44. The molecule has 1 aromatic carbocycles. The Kier molecular flexibility index (Phi) is 4.96. The first-order valence-corrected chi connectivity index (χ1v) is 9.37. The average Bonchev–Trinajstić information content (AvgIpc) is 3.10. The minimum Gasteiger partial charge on any atom is -0.303 e. The van der Waals surface area contributed by atoms with E-state index >= 15 is 0 Å². The molecular formula is C16H19F2N3O2S. The molecule has 2 heterocycles. The first-order chi connectivity index (χ1) is 11.5. The molecule has 130 valence electrons. The van der Waals surface area contributed by atoms with Crippen LogP contribution in [0.5, 0.6) is 0 Å². The van der Waals surface area contributed by atoms with Gasteiger partial charge in [0.05, 0.1) is 11.4 Å². The van der Waals surface area contributed by atoms with Crippen LogP contribution in [0.15, 0.2) is 36.7 Å². The highest BCUT2D eigenvalue weighted by molar-refractivity contribution is 7.90. The fourth-order valence-electron chi connectivity index (χ4n) is 2.99. The van der Waals surface area contributed by atoms with E-state index in [1.165, 1.54) is 24.5 Å². The van der Waals surface area contributed by atoms with E-state index in [1.54, 1.807) is 6.07 Å². The molecule has 0 atom stereocenters. The van der Waals surface area contributed by atoms with Crippen LogP contribution in [0.2, 0.25) is 0 Å². The second-order valence-corrected chi connectivity index (χ2v) is 8.02. The maximum atomic E-state index is 13.6. The second-order valence-electron chi connectivity index (χ2n) is 5.95. The lowest BCUT2D eigenvalue weighted by molar-refractivity contribution is 0.231. The molecule has 1 aliphatic rings. The lowest BCUT2D eigenvalue weighted by atomic mass is 10.1. The fourth-order valence-corrected chi connectivity index (χ4v) is 4.53. The van der Waals surface area contributed by atoms with Crippen LogP contribution in [0.25, 0.3) is 0 Å². The molecule has 0 amide bonds. The number of nitrogens with zero attached hydrogens (tertiary/aromatic N) is 3. The molecule has 2 aromatic rings. The Balaban J connectivity index is 1.54. The van der Waals surface area contributed by atoms with Crippen molar-refractivity contribution >= 4 is 10.0 Å². The maximum Gasteiger partial charge on any atom is 0.256 e. The van der Waals surface area contributed by atoms with Gasteiger partial charge in [0.2, 0.25) is 0 Å². The number of piperidine rings is 1. The van der Waals surface area contributed by atoms with Crippen molar-refractivity contribution in [2.75, 3.05) is 19.6 Å². The van der Waals surface area contributed by atoms with Gasteiger partial charge in [-0.3, -0.25) is 0 Å². The van der Waals surface area contributed by atoms with Crippen LogP contribution in [-0.2, 0) is 16.4 Å². The van der Waals surface area contributed by atoms with Gasteiger partial charge in [0.15, 0.2) is 0 Å². The van der Waals surface area contributed by atoms with Crippen molar-refractivity contribution in [3.05, 3.63) is 53.9 Å². The summed E-state index contributed by atoms with van der Waals surface area (Å²) in [6.07, 6.45) is 4.41. The van der Waals surface area contributed by atoms with E-state index in [0.29, 0.717) is 44.5 Å². The number of aromatic nitrogens is 2. The molecule has 1 fully saturated rings. The number of benzene rings is 1. The van der Waals surface area contributed by atoms with Crippen LogP contribution in [0.3, 0.4) is 0 Å². The Hall–Kier alpha value is -1.80. The van der Waals surface area contributed by atoms with E-state index in [9.17, 15) is 17.2 Å². The SMILES string of the molecule is O=S(=O)(C1CCN(CCc2ccc(F)cc2F)CC1)n1cccn1. The van der Waals surface area contributed by atoms with Crippen molar-refractivity contribution in [2.24, 2.45) is 0 Å². The number of halogens is 2. The number of likely N-dealkylation sites (tertiary alicyclic amines) is 1. The Labute approximate surface area is 139 Å². The van der Waals surface area contributed by atoms with Gasteiger partial charge in [0.25, 0.3) is 10.0 Å². The molecule has 1 aromatic heterocycles. The van der Waals surface area contributed by atoms with E-state index in [4.69, 9.17) is 0 Å².